The maximum absolute atomic E-state index is 10.5. The van der Waals surface area contributed by atoms with Gasteiger partial charge in [0.2, 0.25) is 5.91 Å². The number of hydrogen-bond acceptors (Lipinski definition) is 4. The predicted molar refractivity (Wildman–Crippen MR) is 59.4 cm³/mol. The number of aromatic nitrogens is 2. The lowest BCUT2D eigenvalue weighted by molar-refractivity contribution is -0.125. The van der Waals surface area contributed by atoms with Crippen LogP contribution in [-0.2, 0) is 17.9 Å². The third-order valence-electron chi connectivity index (χ3n) is 2.13. The summed E-state index contributed by atoms with van der Waals surface area (Å²) in [4.78, 5) is 10.5. The molecule has 0 spiro atoms. The number of carbonyl (C=O) groups is 1. The second kappa shape index (κ2) is 6.24. The van der Waals surface area contributed by atoms with Crippen LogP contribution >= 0.6 is 0 Å². The van der Waals surface area contributed by atoms with Crippen LogP contribution in [0.5, 0.6) is 0 Å². The minimum absolute atomic E-state index is 0.161. The molecule has 0 saturated heterocycles. The van der Waals surface area contributed by atoms with Crippen molar-refractivity contribution in [3.05, 3.63) is 18.0 Å². The number of nitrogens with zero attached hydrogens (tertiary/aromatic N) is 2. The van der Waals surface area contributed by atoms with E-state index in [9.17, 15) is 4.79 Å². The summed E-state index contributed by atoms with van der Waals surface area (Å²) in [6.07, 6.45) is 3.60. The third-order valence-corrected chi connectivity index (χ3v) is 2.13. The summed E-state index contributed by atoms with van der Waals surface area (Å²) in [6, 6.07) is 0. The number of amides is 1. The number of aliphatic hydroxyl groups excluding tert-OH is 1. The number of aryl methyl sites for hydroxylation is 1. The normalized spacial score (nSPS) is 12.6. The minimum Gasteiger partial charge on any atom is -0.382 e. The van der Waals surface area contributed by atoms with Gasteiger partial charge in [-0.15, -0.1) is 0 Å². The summed E-state index contributed by atoms with van der Waals surface area (Å²) in [6.45, 7) is 3.70. The molecule has 1 rings (SSSR count). The van der Waals surface area contributed by atoms with Crippen LogP contribution < -0.4 is 11.1 Å². The Balaban J connectivity index is 2.29. The minimum atomic E-state index is -1.13. The molecule has 0 radical (unpaired) electrons. The van der Waals surface area contributed by atoms with Gasteiger partial charge < -0.3 is 16.2 Å². The Morgan fingerprint density at radius 3 is 3.12 bits per heavy atom. The molecule has 0 saturated carbocycles. The first kappa shape index (κ1) is 12.7. The molecular formula is C10H18N4O2. The quantitative estimate of drug-likeness (QED) is 0.569. The first-order valence-corrected chi connectivity index (χ1v) is 5.33. The molecule has 1 atom stereocenters. The van der Waals surface area contributed by atoms with Gasteiger partial charge in [-0.2, -0.15) is 5.10 Å². The Morgan fingerprint density at radius 2 is 2.50 bits per heavy atom. The zero-order chi connectivity index (χ0) is 12.0. The van der Waals surface area contributed by atoms with Crippen molar-refractivity contribution >= 4 is 5.91 Å². The van der Waals surface area contributed by atoms with Crippen molar-refractivity contribution in [2.45, 2.75) is 32.5 Å². The summed E-state index contributed by atoms with van der Waals surface area (Å²) < 4.78 is 1.86. The van der Waals surface area contributed by atoms with Crippen LogP contribution in [0, 0.1) is 0 Å². The molecule has 1 aromatic rings. The van der Waals surface area contributed by atoms with Crippen molar-refractivity contribution < 1.29 is 9.90 Å². The van der Waals surface area contributed by atoms with E-state index in [-0.39, 0.29) is 6.54 Å². The van der Waals surface area contributed by atoms with E-state index in [0.717, 1.165) is 18.5 Å². The van der Waals surface area contributed by atoms with E-state index in [2.05, 4.69) is 17.3 Å². The Hall–Kier alpha value is -1.40. The Kier molecular flexibility index (Phi) is 4.94. The number of carbonyl (C=O) groups excluding carboxylic acids is 1. The van der Waals surface area contributed by atoms with Crippen LogP contribution in [-0.4, -0.2) is 33.4 Å². The molecule has 0 aliphatic heterocycles. The SMILES string of the molecule is CCCn1cc(CNCC(O)C(N)=O)cn1. The molecule has 4 N–H and O–H groups in total. The molecule has 16 heavy (non-hydrogen) atoms. The smallest absolute Gasteiger partial charge is 0.247 e. The Labute approximate surface area is 94.4 Å². The van der Waals surface area contributed by atoms with E-state index >= 15 is 0 Å². The van der Waals surface area contributed by atoms with Gasteiger partial charge in [0.05, 0.1) is 6.20 Å². The van der Waals surface area contributed by atoms with Gasteiger partial charge in [-0.1, -0.05) is 6.92 Å². The van der Waals surface area contributed by atoms with Gasteiger partial charge in [0.15, 0.2) is 0 Å². The summed E-state index contributed by atoms with van der Waals surface area (Å²) in [7, 11) is 0. The fourth-order valence-corrected chi connectivity index (χ4v) is 1.30. The Morgan fingerprint density at radius 1 is 1.75 bits per heavy atom. The van der Waals surface area contributed by atoms with E-state index in [1.54, 1.807) is 6.20 Å². The summed E-state index contributed by atoms with van der Waals surface area (Å²) >= 11 is 0. The highest BCUT2D eigenvalue weighted by Crippen LogP contribution is 1.98. The molecule has 0 fully saturated rings. The zero-order valence-corrected chi connectivity index (χ0v) is 9.39. The number of rotatable bonds is 7. The predicted octanol–water partition coefficient (Wildman–Crippen LogP) is -0.771. The summed E-state index contributed by atoms with van der Waals surface area (Å²) in [5.74, 6) is -0.714. The van der Waals surface area contributed by atoms with Crippen molar-refractivity contribution in [2.75, 3.05) is 6.54 Å². The second-order valence-corrected chi connectivity index (χ2v) is 3.66. The third kappa shape index (κ3) is 4.00. The molecule has 0 aliphatic carbocycles. The van der Waals surface area contributed by atoms with Gasteiger partial charge in [-0.3, -0.25) is 9.48 Å². The van der Waals surface area contributed by atoms with Crippen LogP contribution in [0.1, 0.15) is 18.9 Å². The summed E-state index contributed by atoms with van der Waals surface area (Å²) in [5.41, 5.74) is 5.93. The highest BCUT2D eigenvalue weighted by molar-refractivity contribution is 5.78. The maximum atomic E-state index is 10.5. The molecule has 0 aliphatic rings. The highest BCUT2D eigenvalue weighted by Gasteiger charge is 2.09. The molecule has 1 amide bonds. The number of aliphatic hydroxyl groups is 1. The van der Waals surface area contributed by atoms with Crippen LogP contribution in [0.25, 0.3) is 0 Å². The van der Waals surface area contributed by atoms with Crippen molar-refractivity contribution in [3.8, 4) is 0 Å². The zero-order valence-electron chi connectivity index (χ0n) is 9.39. The van der Waals surface area contributed by atoms with Crippen LogP contribution in [0.4, 0.5) is 0 Å². The molecule has 1 unspecified atom stereocenters. The molecule has 0 aromatic carbocycles. The molecule has 90 valence electrons. The average Bonchev–Trinajstić information content (AvgIpc) is 2.66. The second-order valence-electron chi connectivity index (χ2n) is 3.66. The van der Waals surface area contributed by atoms with Crippen molar-refractivity contribution in [3.63, 3.8) is 0 Å². The first-order valence-electron chi connectivity index (χ1n) is 5.33. The van der Waals surface area contributed by atoms with E-state index < -0.39 is 12.0 Å². The standard InChI is InChI=1S/C10H18N4O2/c1-2-3-14-7-8(5-13-14)4-12-6-9(15)10(11)16/h5,7,9,12,15H,2-4,6H2,1H3,(H2,11,16). The lowest BCUT2D eigenvalue weighted by Crippen LogP contribution is -2.37. The van der Waals surface area contributed by atoms with Crippen molar-refractivity contribution in [1.82, 2.24) is 15.1 Å². The van der Waals surface area contributed by atoms with Gasteiger partial charge in [0.25, 0.3) is 0 Å². The van der Waals surface area contributed by atoms with Crippen LogP contribution in [0.3, 0.4) is 0 Å². The van der Waals surface area contributed by atoms with Gasteiger partial charge in [-0.25, -0.2) is 0 Å². The molecule has 0 bridgehead atoms. The monoisotopic (exact) mass is 226 g/mol. The fraction of sp³-hybridized carbons (Fsp3) is 0.600. The number of hydrogen-bond donors (Lipinski definition) is 3. The van der Waals surface area contributed by atoms with Crippen molar-refractivity contribution in [1.29, 1.82) is 0 Å². The first-order chi connectivity index (χ1) is 7.63. The lowest BCUT2D eigenvalue weighted by Gasteiger charge is -2.06. The molecule has 1 heterocycles. The summed E-state index contributed by atoms with van der Waals surface area (Å²) in [5, 5.41) is 16.2. The van der Waals surface area contributed by atoms with Gasteiger partial charge in [0, 0.05) is 31.4 Å². The van der Waals surface area contributed by atoms with E-state index in [0.29, 0.717) is 6.54 Å². The van der Waals surface area contributed by atoms with Crippen molar-refractivity contribution in [2.24, 2.45) is 5.73 Å². The molecular weight excluding hydrogens is 208 g/mol. The highest BCUT2D eigenvalue weighted by atomic mass is 16.3. The van der Waals surface area contributed by atoms with E-state index in [1.165, 1.54) is 0 Å². The van der Waals surface area contributed by atoms with Crippen LogP contribution in [0.2, 0.25) is 0 Å². The van der Waals surface area contributed by atoms with Gasteiger partial charge >= 0.3 is 0 Å². The lowest BCUT2D eigenvalue weighted by atomic mass is 10.3. The number of nitrogens with one attached hydrogen (secondary N) is 1. The number of nitrogens with two attached hydrogens (primary N) is 1. The van der Waals surface area contributed by atoms with Crippen LogP contribution in [0.15, 0.2) is 12.4 Å². The number of primary amides is 1. The molecule has 6 nitrogen and oxygen atoms in total. The largest absolute Gasteiger partial charge is 0.382 e. The Bertz CT molecular complexity index is 337. The van der Waals surface area contributed by atoms with Gasteiger partial charge in [0.1, 0.15) is 6.10 Å². The van der Waals surface area contributed by atoms with E-state index in [4.69, 9.17) is 10.8 Å². The molecule has 1 aromatic heterocycles. The molecule has 6 heteroatoms. The van der Waals surface area contributed by atoms with Gasteiger partial charge in [-0.05, 0) is 6.42 Å². The van der Waals surface area contributed by atoms with E-state index in [1.807, 2.05) is 10.9 Å². The fourth-order valence-electron chi connectivity index (χ4n) is 1.30. The average molecular weight is 226 g/mol. The maximum Gasteiger partial charge on any atom is 0.247 e. The topological polar surface area (TPSA) is 93.2 Å².